The van der Waals surface area contributed by atoms with Crippen molar-refractivity contribution in [2.45, 2.75) is 51.5 Å². The second-order valence-electron chi connectivity index (χ2n) is 5.68. The van der Waals surface area contributed by atoms with Crippen LogP contribution >= 0.6 is 11.8 Å². The molecule has 1 aliphatic heterocycles. The molecule has 0 saturated carbocycles. The lowest BCUT2D eigenvalue weighted by Gasteiger charge is -2.35. The van der Waals surface area contributed by atoms with E-state index in [4.69, 9.17) is 10.8 Å². The molecule has 5 nitrogen and oxygen atoms in total. The van der Waals surface area contributed by atoms with Gasteiger partial charge in [-0.1, -0.05) is 19.8 Å². The molecule has 0 spiro atoms. The summed E-state index contributed by atoms with van der Waals surface area (Å²) < 4.78 is 0. The lowest BCUT2D eigenvalue weighted by molar-refractivity contribution is -0.140. The number of carboxylic acid groups (broad SMARTS) is 1. The van der Waals surface area contributed by atoms with Crippen molar-refractivity contribution in [2.75, 3.05) is 24.6 Å². The molecule has 3 N–H and O–H groups in total. The maximum absolute atomic E-state index is 12.4. The summed E-state index contributed by atoms with van der Waals surface area (Å²) in [4.78, 5) is 25.1. The fourth-order valence-electron chi connectivity index (χ4n) is 2.90. The minimum atomic E-state index is -0.827. The first-order chi connectivity index (χ1) is 10.1. The van der Waals surface area contributed by atoms with Crippen molar-refractivity contribution in [3.8, 4) is 0 Å². The number of nitrogens with two attached hydrogens (primary N) is 1. The highest BCUT2D eigenvalue weighted by Crippen LogP contribution is 2.22. The van der Waals surface area contributed by atoms with Crippen molar-refractivity contribution in [3.05, 3.63) is 0 Å². The highest BCUT2D eigenvalue weighted by molar-refractivity contribution is 7.99. The number of carbonyl (C=O) groups is 2. The number of thioether (sulfide) groups is 1. The van der Waals surface area contributed by atoms with Gasteiger partial charge in [-0.05, 0) is 25.3 Å². The summed E-state index contributed by atoms with van der Waals surface area (Å²) in [6.07, 6.45) is 4.63. The molecule has 1 fully saturated rings. The summed E-state index contributed by atoms with van der Waals surface area (Å²) in [6.45, 7) is 3.49. The number of hydrogen-bond acceptors (Lipinski definition) is 4. The molecule has 1 heterocycles. The monoisotopic (exact) mass is 316 g/mol. The lowest BCUT2D eigenvalue weighted by atomic mass is 9.94. The van der Waals surface area contributed by atoms with Gasteiger partial charge in [0.05, 0.1) is 12.5 Å². The van der Waals surface area contributed by atoms with Crippen LogP contribution in [0.5, 0.6) is 0 Å². The third kappa shape index (κ3) is 6.70. The molecule has 2 atom stereocenters. The van der Waals surface area contributed by atoms with Gasteiger partial charge in [0.2, 0.25) is 5.91 Å². The molecule has 1 saturated heterocycles. The molecule has 1 aliphatic rings. The summed E-state index contributed by atoms with van der Waals surface area (Å²) >= 11 is 1.73. The van der Waals surface area contributed by atoms with Crippen LogP contribution < -0.4 is 5.73 Å². The van der Waals surface area contributed by atoms with Gasteiger partial charge in [0.15, 0.2) is 0 Å². The predicted molar refractivity (Wildman–Crippen MR) is 86.4 cm³/mol. The molecule has 0 aromatic carbocycles. The number of amides is 1. The highest BCUT2D eigenvalue weighted by atomic mass is 32.2. The van der Waals surface area contributed by atoms with Gasteiger partial charge in [-0.3, -0.25) is 9.59 Å². The van der Waals surface area contributed by atoms with Crippen molar-refractivity contribution >= 4 is 23.6 Å². The fourth-order valence-corrected chi connectivity index (χ4v) is 3.96. The van der Waals surface area contributed by atoms with E-state index in [2.05, 4.69) is 6.92 Å². The molecule has 6 heteroatoms. The summed E-state index contributed by atoms with van der Waals surface area (Å²) in [5, 5.41) is 8.96. The van der Waals surface area contributed by atoms with Crippen molar-refractivity contribution in [1.82, 2.24) is 4.90 Å². The Hall–Kier alpha value is -0.750. The van der Waals surface area contributed by atoms with E-state index in [1.54, 1.807) is 16.7 Å². The molecule has 2 unspecified atom stereocenters. The normalized spacial score (nSPS) is 20.3. The second kappa shape index (κ2) is 10.1. The topological polar surface area (TPSA) is 83.6 Å². The van der Waals surface area contributed by atoms with Gasteiger partial charge in [-0.15, -0.1) is 0 Å². The number of rotatable bonds is 9. The zero-order chi connectivity index (χ0) is 15.7. The smallest absolute Gasteiger partial charge is 0.305 e. The van der Waals surface area contributed by atoms with Crippen LogP contribution in [0.15, 0.2) is 0 Å². The zero-order valence-electron chi connectivity index (χ0n) is 12.9. The second-order valence-corrected chi connectivity index (χ2v) is 6.83. The maximum Gasteiger partial charge on any atom is 0.305 e. The van der Waals surface area contributed by atoms with Crippen molar-refractivity contribution in [1.29, 1.82) is 0 Å². The summed E-state index contributed by atoms with van der Waals surface area (Å²) in [6, 6.07) is -0.145. The van der Waals surface area contributed by atoms with Crippen LogP contribution in [0.2, 0.25) is 0 Å². The molecular formula is C15H28N2O3S. The Morgan fingerprint density at radius 2 is 2.14 bits per heavy atom. The van der Waals surface area contributed by atoms with Gasteiger partial charge in [0, 0.05) is 24.5 Å². The van der Waals surface area contributed by atoms with Gasteiger partial charge in [-0.25, -0.2) is 0 Å². The molecule has 0 aromatic rings. The van der Waals surface area contributed by atoms with Crippen LogP contribution in [0.1, 0.15) is 45.4 Å². The first kappa shape index (κ1) is 18.3. The van der Waals surface area contributed by atoms with Crippen LogP contribution in [0.25, 0.3) is 0 Å². The van der Waals surface area contributed by atoms with Crippen LogP contribution in [-0.4, -0.2) is 52.5 Å². The Balaban J connectivity index is 2.48. The Labute approximate surface area is 131 Å². The molecule has 0 bridgehead atoms. The average Bonchev–Trinajstić information content (AvgIpc) is 2.45. The van der Waals surface area contributed by atoms with Gasteiger partial charge >= 0.3 is 5.97 Å². The highest BCUT2D eigenvalue weighted by Gasteiger charge is 2.28. The van der Waals surface area contributed by atoms with Gasteiger partial charge in [0.1, 0.15) is 0 Å². The van der Waals surface area contributed by atoms with E-state index in [0.29, 0.717) is 25.4 Å². The van der Waals surface area contributed by atoms with Gasteiger partial charge in [0.25, 0.3) is 0 Å². The van der Waals surface area contributed by atoms with Gasteiger partial charge < -0.3 is 15.7 Å². The Kier molecular flexibility index (Phi) is 8.76. The molecule has 122 valence electrons. The van der Waals surface area contributed by atoms with Crippen LogP contribution in [0.4, 0.5) is 0 Å². The minimum absolute atomic E-state index is 0.0555. The summed E-state index contributed by atoms with van der Waals surface area (Å²) in [7, 11) is 0. The number of carbonyl (C=O) groups excluding carboxylic acids is 1. The number of carboxylic acids is 1. The number of aliphatic carboxylic acids is 1. The third-order valence-electron chi connectivity index (χ3n) is 4.00. The molecule has 21 heavy (non-hydrogen) atoms. The average molecular weight is 316 g/mol. The molecular weight excluding hydrogens is 288 g/mol. The van der Waals surface area contributed by atoms with Crippen molar-refractivity contribution in [3.63, 3.8) is 0 Å². The van der Waals surface area contributed by atoms with E-state index in [0.717, 1.165) is 37.2 Å². The van der Waals surface area contributed by atoms with Gasteiger partial charge in [-0.2, -0.15) is 11.8 Å². The quantitative estimate of drug-likeness (QED) is 0.679. The Bertz CT molecular complexity index is 333. The SMILES string of the molecule is CCCC(CCN)CCC(=O)N1CCSCC1CC(=O)O. The number of nitrogens with zero attached hydrogens (tertiary/aromatic N) is 1. The van der Waals surface area contributed by atoms with E-state index in [1.165, 1.54) is 0 Å². The predicted octanol–water partition coefficient (Wildman–Crippen LogP) is 1.95. The lowest BCUT2D eigenvalue weighted by Crippen LogP contribution is -2.47. The van der Waals surface area contributed by atoms with E-state index >= 15 is 0 Å². The zero-order valence-corrected chi connectivity index (χ0v) is 13.7. The van der Waals surface area contributed by atoms with E-state index in [9.17, 15) is 9.59 Å². The van der Waals surface area contributed by atoms with E-state index in [-0.39, 0.29) is 18.4 Å². The summed E-state index contributed by atoms with van der Waals surface area (Å²) in [5.41, 5.74) is 5.62. The largest absolute Gasteiger partial charge is 0.481 e. The van der Waals surface area contributed by atoms with Crippen LogP contribution in [0.3, 0.4) is 0 Å². The van der Waals surface area contributed by atoms with Crippen LogP contribution in [0, 0.1) is 5.92 Å². The van der Waals surface area contributed by atoms with Crippen molar-refractivity contribution < 1.29 is 14.7 Å². The fraction of sp³-hybridized carbons (Fsp3) is 0.867. The summed E-state index contributed by atoms with van der Waals surface area (Å²) in [5.74, 6) is 1.44. The molecule has 1 rings (SSSR count). The Morgan fingerprint density at radius 3 is 2.76 bits per heavy atom. The first-order valence-electron chi connectivity index (χ1n) is 7.87. The number of hydrogen-bond donors (Lipinski definition) is 2. The molecule has 0 aliphatic carbocycles. The first-order valence-corrected chi connectivity index (χ1v) is 9.03. The third-order valence-corrected chi connectivity index (χ3v) is 5.09. The van der Waals surface area contributed by atoms with E-state index in [1.807, 2.05) is 0 Å². The molecule has 0 radical (unpaired) electrons. The molecule has 0 aromatic heterocycles. The Morgan fingerprint density at radius 1 is 1.38 bits per heavy atom. The standard InChI is InChI=1S/C15H28N2O3S/c1-2-3-12(6-7-16)4-5-14(18)17-8-9-21-11-13(17)10-15(19)20/h12-13H,2-11,16H2,1H3,(H,19,20). The minimum Gasteiger partial charge on any atom is -0.481 e. The van der Waals surface area contributed by atoms with Crippen LogP contribution in [-0.2, 0) is 9.59 Å². The molecule has 1 amide bonds. The van der Waals surface area contributed by atoms with Crippen molar-refractivity contribution in [2.24, 2.45) is 11.7 Å². The maximum atomic E-state index is 12.4. The van der Waals surface area contributed by atoms with E-state index < -0.39 is 5.97 Å².